The number of aliphatic carboxylic acids is 1. The molecular formula is C9H17NO3S. The van der Waals surface area contributed by atoms with Crippen LogP contribution < -0.4 is 0 Å². The first-order valence-electron chi connectivity index (χ1n) is 4.60. The van der Waals surface area contributed by atoms with Crippen molar-refractivity contribution in [3.63, 3.8) is 0 Å². The van der Waals surface area contributed by atoms with Crippen LogP contribution in [0.2, 0.25) is 0 Å². The molecule has 1 unspecified atom stereocenters. The van der Waals surface area contributed by atoms with Gasteiger partial charge >= 0.3 is 5.97 Å². The fourth-order valence-corrected chi connectivity index (χ4v) is 1.68. The fourth-order valence-electron chi connectivity index (χ4n) is 1.22. The average Bonchev–Trinajstić information content (AvgIpc) is 2.17. The number of nitrogens with zero attached hydrogens (tertiary/aromatic N) is 1. The lowest BCUT2D eigenvalue weighted by molar-refractivity contribution is -0.146. The van der Waals surface area contributed by atoms with Crippen molar-refractivity contribution < 1.29 is 14.7 Å². The lowest BCUT2D eigenvalue weighted by Crippen LogP contribution is -2.40. The van der Waals surface area contributed by atoms with Crippen LogP contribution in [0.3, 0.4) is 0 Å². The number of rotatable bonds is 8. The maximum Gasteiger partial charge on any atom is 0.326 e. The van der Waals surface area contributed by atoms with E-state index in [1.807, 2.05) is 6.26 Å². The second kappa shape index (κ2) is 7.67. The number of amides is 1. The van der Waals surface area contributed by atoms with Gasteiger partial charge in [-0.25, -0.2) is 4.79 Å². The molecule has 82 valence electrons. The third kappa shape index (κ3) is 4.50. The molecule has 0 aliphatic carbocycles. The van der Waals surface area contributed by atoms with E-state index >= 15 is 0 Å². The third-order valence-electron chi connectivity index (χ3n) is 2.01. The quantitative estimate of drug-likeness (QED) is 0.490. The molecule has 0 aromatic carbocycles. The van der Waals surface area contributed by atoms with Crippen LogP contribution in [-0.4, -0.2) is 47.0 Å². The Balaban J connectivity index is 4.13. The van der Waals surface area contributed by atoms with Gasteiger partial charge in [0.05, 0.1) is 0 Å². The van der Waals surface area contributed by atoms with Crippen molar-refractivity contribution in [2.24, 2.45) is 0 Å². The van der Waals surface area contributed by atoms with Crippen molar-refractivity contribution in [3.8, 4) is 0 Å². The first-order chi connectivity index (χ1) is 6.67. The Morgan fingerprint density at radius 1 is 1.64 bits per heavy atom. The van der Waals surface area contributed by atoms with Gasteiger partial charge in [0.15, 0.2) is 0 Å². The van der Waals surface area contributed by atoms with Gasteiger partial charge in [-0.3, -0.25) is 4.79 Å². The lowest BCUT2D eigenvalue weighted by Gasteiger charge is -2.23. The molecule has 0 bridgehead atoms. The Bertz CT molecular complexity index is 187. The van der Waals surface area contributed by atoms with Gasteiger partial charge in [-0.1, -0.05) is 0 Å². The van der Waals surface area contributed by atoms with Crippen LogP contribution in [0.5, 0.6) is 0 Å². The highest BCUT2D eigenvalue weighted by Gasteiger charge is 2.22. The second-order valence-corrected chi connectivity index (χ2v) is 3.91. The molecule has 0 aliphatic heterocycles. The normalized spacial score (nSPS) is 12.1. The van der Waals surface area contributed by atoms with Crippen LogP contribution in [0.15, 0.2) is 0 Å². The first kappa shape index (κ1) is 13.3. The third-order valence-corrected chi connectivity index (χ3v) is 2.71. The Morgan fingerprint density at radius 3 is 2.64 bits per heavy atom. The summed E-state index contributed by atoms with van der Waals surface area (Å²) in [7, 11) is 0. The molecule has 1 atom stereocenters. The topological polar surface area (TPSA) is 57.6 Å². The minimum Gasteiger partial charge on any atom is -0.480 e. The number of carbonyl (C=O) groups excluding carboxylic acids is 1. The van der Waals surface area contributed by atoms with Crippen LogP contribution in [0, 0.1) is 0 Å². The highest BCUT2D eigenvalue weighted by Crippen LogP contribution is 2.08. The predicted octanol–water partition coefficient (Wildman–Crippen LogP) is 1.06. The fraction of sp³-hybridized carbons (Fsp3) is 0.778. The maximum absolute atomic E-state index is 10.8. The molecular weight excluding hydrogens is 202 g/mol. The minimum absolute atomic E-state index is 0.444. The van der Waals surface area contributed by atoms with Gasteiger partial charge in [0.1, 0.15) is 6.04 Å². The Morgan fingerprint density at radius 2 is 2.29 bits per heavy atom. The predicted molar refractivity (Wildman–Crippen MR) is 57.5 cm³/mol. The minimum atomic E-state index is -0.917. The summed E-state index contributed by atoms with van der Waals surface area (Å²) in [5.74, 6) is 0.0141. The Kier molecular flexibility index (Phi) is 7.28. The zero-order valence-corrected chi connectivity index (χ0v) is 9.42. The van der Waals surface area contributed by atoms with Gasteiger partial charge in [0.2, 0.25) is 6.41 Å². The molecule has 0 saturated carbocycles. The summed E-state index contributed by atoms with van der Waals surface area (Å²) >= 11 is 1.68. The molecule has 0 aromatic heterocycles. The van der Waals surface area contributed by atoms with E-state index in [1.54, 1.807) is 18.7 Å². The van der Waals surface area contributed by atoms with Crippen molar-refractivity contribution in [1.29, 1.82) is 0 Å². The van der Waals surface area contributed by atoms with E-state index in [2.05, 4.69) is 0 Å². The number of carbonyl (C=O) groups is 2. The molecule has 0 aromatic rings. The van der Waals surface area contributed by atoms with Crippen molar-refractivity contribution in [1.82, 2.24) is 4.90 Å². The number of carboxylic acids is 1. The molecule has 1 N–H and O–H groups in total. The monoisotopic (exact) mass is 219 g/mol. The average molecular weight is 219 g/mol. The molecule has 0 fully saturated rings. The standard InChI is InChI=1S/C9H17NO3S/c1-3-10(7-11)8(9(12)13)5-4-6-14-2/h7-8H,3-6H2,1-2H3,(H,12,13). The van der Waals surface area contributed by atoms with Crippen LogP contribution in [0.4, 0.5) is 0 Å². The zero-order chi connectivity index (χ0) is 11.0. The van der Waals surface area contributed by atoms with Crippen LogP contribution in [0.25, 0.3) is 0 Å². The van der Waals surface area contributed by atoms with Gasteiger partial charge in [-0.05, 0) is 31.8 Å². The highest BCUT2D eigenvalue weighted by atomic mass is 32.2. The molecule has 5 heteroatoms. The highest BCUT2D eigenvalue weighted by molar-refractivity contribution is 7.98. The van der Waals surface area contributed by atoms with Crippen LogP contribution in [0.1, 0.15) is 19.8 Å². The lowest BCUT2D eigenvalue weighted by atomic mass is 10.1. The Labute approximate surface area is 88.7 Å². The molecule has 0 aliphatic rings. The largest absolute Gasteiger partial charge is 0.480 e. The summed E-state index contributed by atoms with van der Waals surface area (Å²) < 4.78 is 0. The van der Waals surface area contributed by atoms with E-state index < -0.39 is 12.0 Å². The van der Waals surface area contributed by atoms with Crippen LogP contribution in [-0.2, 0) is 9.59 Å². The zero-order valence-electron chi connectivity index (χ0n) is 8.60. The number of carboxylic acid groups (broad SMARTS) is 1. The Hall–Kier alpha value is -0.710. The molecule has 14 heavy (non-hydrogen) atoms. The molecule has 0 spiro atoms. The van der Waals surface area contributed by atoms with Gasteiger partial charge in [0, 0.05) is 6.54 Å². The van der Waals surface area contributed by atoms with Crippen molar-refractivity contribution in [3.05, 3.63) is 0 Å². The smallest absolute Gasteiger partial charge is 0.326 e. The molecule has 4 nitrogen and oxygen atoms in total. The number of hydrogen-bond donors (Lipinski definition) is 1. The number of thioether (sulfide) groups is 1. The van der Waals surface area contributed by atoms with E-state index in [0.29, 0.717) is 19.4 Å². The number of likely N-dealkylation sites (N-methyl/N-ethyl adjacent to an activating group) is 1. The molecule has 0 saturated heterocycles. The summed E-state index contributed by atoms with van der Waals surface area (Å²) in [6.07, 6.45) is 3.94. The van der Waals surface area contributed by atoms with E-state index in [1.165, 1.54) is 4.90 Å². The van der Waals surface area contributed by atoms with Gasteiger partial charge in [-0.15, -0.1) is 0 Å². The summed E-state index contributed by atoms with van der Waals surface area (Å²) in [4.78, 5) is 22.7. The van der Waals surface area contributed by atoms with Crippen molar-refractivity contribution >= 4 is 24.1 Å². The summed E-state index contributed by atoms with van der Waals surface area (Å²) in [6.45, 7) is 2.22. The van der Waals surface area contributed by atoms with E-state index in [-0.39, 0.29) is 0 Å². The van der Waals surface area contributed by atoms with E-state index in [9.17, 15) is 9.59 Å². The molecule has 0 radical (unpaired) electrons. The SMILES string of the molecule is CCN(C=O)C(CCCSC)C(=O)O. The van der Waals surface area contributed by atoms with E-state index in [0.717, 1.165) is 12.2 Å². The first-order valence-corrected chi connectivity index (χ1v) is 5.99. The van der Waals surface area contributed by atoms with Gasteiger partial charge in [0.25, 0.3) is 0 Å². The summed E-state index contributed by atoms with van der Waals surface area (Å²) in [5.41, 5.74) is 0. The molecule has 0 rings (SSSR count). The van der Waals surface area contributed by atoms with Gasteiger partial charge < -0.3 is 10.0 Å². The second-order valence-electron chi connectivity index (χ2n) is 2.92. The van der Waals surface area contributed by atoms with Crippen molar-refractivity contribution in [2.75, 3.05) is 18.6 Å². The summed E-state index contributed by atoms with van der Waals surface area (Å²) in [5, 5.41) is 8.90. The maximum atomic E-state index is 10.8. The van der Waals surface area contributed by atoms with E-state index in [4.69, 9.17) is 5.11 Å². The summed E-state index contributed by atoms with van der Waals surface area (Å²) in [6, 6.07) is -0.662. The molecule has 0 heterocycles. The number of hydrogen-bond acceptors (Lipinski definition) is 3. The molecule has 1 amide bonds. The van der Waals surface area contributed by atoms with Gasteiger partial charge in [-0.2, -0.15) is 11.8 Å². The van der Waals surface area contributed by atoms with Crippen molar-refractivity contribution in [2.45, 2.75) is 25.8 Å². The van der Waals surface area contributed by atoms with Crippen LogP contribution >= 0.6 is 11.8 Å².